The van der Waals surface area contributed by atoms with E-state index in [2.05, 4.69) is 6.58 Å². The number of hydrogen-bond acceptors (Lipinski definition) is 4. The lowest BCUT2D eigenvalue weighted by Gasteiger charge is -2.23. The fourth-order valence-corrected chi connectivity index (χ4v) is 4.61. The molecule has 0 bridgehead atoms. The Morgan fingerprint density at radius 2 is 1.84 bits per heavy atom. The van der Waals surface area contributed by atoms with Crippen molar-refractivity contribution < 1.29 is 9.53 Å². The monoisotopic (exact) mass is 448 g/mol. The van der Waals surface area contributed by atoms with Crippen LogP contribution >= 0.6 is 23.4 Å². The Labute approximate surface area is 191 Å². The molecular weight excluding hydrogens is 428 g/mol. The van der Waals surface area contributed by atoms with Gasteiger partial charge in [-0.3, -0.25) is 4.79 Å². The Bertz CT molecular complexity index is 1140. The highest BCUT2D eigenvalue weighted by molar-refractivity contribution is 8.14. The predicted molar refractivity (Wildman–Crippen MR) is 128 cm³/mol. The first-order chi connectivity index (χ1) is 15.1. The van der Waals surface area contributed by atoms with Gasteiger partial charge >= 0.3 is 0 Å². The van der Waals surface area contributed by atoms with Gasteiger partial charge in [-0.25, -0.2) is 5.01 Å². The molecule has 1 aliphatic heterocycles. The number of para-hydroxylation sites is 1. The van der Waals surface area contributed by atoms with Crippen molar-refractivity contribution in [2.45, 2.75) is 12.3 Å². The Hall–Kier alpha value is -3.02. The predicted octanol–water partition coefficient (Wildman–Crippen LogP) is 6.46. The maximum atomic E-state index is 13.5. The van der Waals surface area contributed by atoms with Crippen LogP contribution in [0.25, 0.3) is 0 Å². The molecule has 4 nitrogen and oxygen atoms in total. The molecule has 0 saturated heterocycles. The van der Waals surface area contributed by atoms with E-state index in [0.29, 0.717) is 22.9 Å². The van der Waals surface area contributed by atoms with Crippen LogP contribution in [0.15, 0.2) is 90.6 Å². The van der Waals surface area contributed by atoms with Crippen molar-refractivity contribution in [3.63, 3.8) is 0 Å². The van der Waals surface area contributed by atoms with Gasteiger partial charge in [-0.2, -0.15) is 5.10 Å². The molecule has 156 valence electrons. The van der Waals surface area contributed by atoms with Crippen LogP contribution in [0.3, 0.4) is 0 Å². The van der Waals surface area contributed by atoms with E-state index in [4.69, 9.17) is 21.4 Å². The minimum atomic E-state index is -0.362. The maximum Gasteiger partial charge on any atom is 0.275 e. The summed E-state index contributed by atoms with van der Waals surface area (Å²) in [6, 6.07) is 22.7. The zero-order valence-corrected chi connectivity index (χ0v) is 18.6. The zero-order valence-electron chi connectivity index (χ0n) is 17.0. The number of hydrogen-bond donors (Lipinski definition) is 0. The Balaban J connectivity index is 1.77. The topological polar surface area (TPSA) is 41.9 Å². The molecule has 0 radical (unpaired) electrons. The van der Waals surface area contributed by atoms with Gasteiger partial charge in [-0.1, -0.05) is 84.5 Å². The van der Waals surface area contributed by atoms with Gasteiger partial charge in [0.05, 0.1) is 0 Å². The van der Waals surface area contributed by atoms with Gasteiger partial charge in [0.15, 0.2) is 0 Å². The molecule has 3 aromatic rings. The molecule has 0 aliphatic carbocycles. The van der Waals surface area contributed by atoms with Gasteiger partial charge in [0, 0.05) is 21.7 Å². The lowest BCUT2D eigenvalue weighted by Crippen LogP contribution is -2.27. The Kier molecular flexibility index (Phi) is 6.44. The fourth-order valence-electron chi connectivity index (χ4n) is 3.30. The number of aryl methyl sites for hydroxylation is 1. The number of ether oxygens (including phenoxy) is 1. The number of halogens is 1. The number of carbonyl (C=O) groups excluding carboxylic acids is 1. The molecule has 4 rings (SSSR count). The molecule has 0 fully saturated rings. The molecule has 31 heavy (non-hydrogen) atoms. The number of rotatable bonds is 6. The minimum absolute atomic E-state index is 0.155. The van der Waals surface area contributed by atoms with Crippen LogP contribution < -0.4 is 4.74 Å². The Morgan fingerprint density at radius 3 is 2.58 bits per heavy atom. The minimum Gasteiger partial charge on any atom is -0.489 e. The number of carbonyl (C=O) groups is 1. The third kappa shape index (κ3) is 4.53. The molecular formula is C25H21ClN2O2S. The SMILES string of the molecule is C=CCOc1ccccc1C1SC(c2ccc(Cl)cc2)=NN1C(=O)c1ccccc1C. The smallest absolute Gasteiger partial charge is 0.275 e. The molecule has 0 N–H and O–H groups in total. The second-order valence-electron chi connectivity index (χ2n) is 6.98. The van der Waals surface area contributed by atoms with Crippen LogP contribution in [-0.2, 0) is 0 Å². The molecule has 0 spiro atoms. The molecule has 6 heteroatoms. The first-order valence-corrected chi connectivity index (χ1v) is 11.1. The second kappa shape index (κ2) is 9.41. The van der Waals surface area contributed by atoms with Crippen molar-refractivity contribution in [3.8, 4) is 5.75 Å². The van der Waals surface area contributed by atoms with Crippen molar-refractivity contribution in [2.24, 2.45) is 5.10 Å². The summed E-state index contributed by atoms with van der Waals surface area (Å²) in [4.78, 5) is 13.5. The van der Waals surface area contributed by atoms with Crippen molar-refractivity contribution in [1.29, 1.82) is 0 Å². The summed E-state index contributed by atoms with van der Waals surface area (Å²) in [6.45, 7) is 6.03. The summed E-state index contributed by atoms with van der Waals surface area (Å²) in [5.74, 6) is 0.549. The molecule has 1 heterocycles. The molecule has 1 atom stereocenters. The number of hydrazone groups is 1. The van der Waals surface area contributed by atoms with Crippen molar-refractivity contribution >= 4 is 34.3 Å². The van der Waals surface area contributed by atoms with Gasteiger partial charge in [0.2, 0.25) is 0 Å². The quantitative estimate of drug-likeness (QED) is 0.406. The largest absolute Gasteiger partial charge is 0.489 e. The molecule has 1 unspecified atom stereocenters. The van der Waals surface area contributed by atoms with Gasteiger partial charge in [-0.15, -0.1) is 0 Å². The average molecular weight is 449 g/mol. The first-order valence-electron chi connectivity index (χ1n) is 9.81. The van der Waals surface area contributed by atoms with E-state index in [-0.39, 0.29) is 11.3 Å². The van der Waals surface area contributed by atoms with E-state index in [1.807, 2.05) is 79.7 Å². The van der Waals surface area contributed by atoms with Crippen LogP contribution in [-0.4, -0.2) is 22.6 Å². The summed E-state index contributed by atoms with van der Waals surface area (Å²) >= 11 is 7.57. The highest BCUT2D eigenvalue weighted by Crippen LogP contribution is 2.45. The van der Waals surface area contributed by atoms with Gasteiger partial charge in [0.25, 0.3) is 5.91 Å². The molecule has 0 aromatic heterocycles. The molecule has 1 aliphatic rings. The van der Waals surface area contributed by atoms with Crippen LogP contribution in [0.2, 0.25) is 5.02 Å². The van der Waals surface area contributed by atoms with Crippen LogP contribution in [0.5, 0.6) is 5.75 Å². The number of benzene rings is 3. The summed E-state index contributed by atoms with van der Waals surface area (Å²) in [5, 5.41) is 7.32. The van der Waals surface area contributed by atoms with E-state index in [1.165, 1.54) is 11.8 Å². The highest BCUT2D eigenvalue weighted by atomic mass is 35.5. The van der Waals surface area contributed by atoms with E-state index in [9.17, 15) is 4.79 Å². The third-order valence-corrected chi connectivity index (χ3v) is 6.33. The second-order valence-corrected chi connectivity index (χ2v) is 8.49. The molecule has 0 saturated carbocycles. The molecule has 1 amide bonds. The molecule has 3 aromatic carbocycles. The number of amides is 1. The van der Waals surface area contributed by atoms with Crippen molar-refractivity contribution in [3.05, 3.63) is 113 Å². The van der Waals surface area contributed by atoms with E-state index < -0.39 is 0 Å². The van der Waals surface area contributed by atoms with Gasteiger partial charge in [-0.05, 0) is 36.8 Å². The summed E-state index contributed by atoms with van der Waals surface area (Å²) in [6.07, 6.45) is 1.70. The van der Waals surface area contributed by atoms with Crippen molar-refractivity contribution in [1.82, 2.24) is 5.01 Å². The first kappa shape index (κ1) is 21.2. The summed E-state index contributed by atoms with van der Waals surface area (Å²) in [5.41, 5.74) is 3.31. The van der Waals surface area contributed by atoms with E-state index in [0.717, 1.165) is 21.7 Å². The van der Waals surface area contributed by atoms with Gasteiger partial charge < -0.3 is 4.74 Å². The number of thioether (sulfide) groups is 1. The summed E-state index contributed by atoms with van der Waals surface area (Å²) in [7, 11) is 0. The Morgan fingerprint density at radius 1 is 1.13 bits per heavy atom. The normalized spacial score (nSPS) is 15.5. The lowest BCUT2D eigenvalue weighted by atomic mass is 10.1. The highest BCUT2D eigenvalue weighted by Gasteiger charge is 2.36. The van der Waals surface area contributed by atoms with Crippen LogP contribution in [0, 0.1) is 6.92 Å². The maximum absolute atomic E-state index is 13.5. The third-order valence-electron chi connectivity index (χ3n) is 4.86. The fraction of sp³-hybridized carbons (Fsp3) is 0.120. The van der Waals surface area contributed by atoms with E-state index in [1.54, 1.807) is 11.1 Å². The standard InChI is InChI=1S/C25H21ClN2O2S/c1-3-16-30-22-11-7-6-10-21(22)25-28(24(29)20-9-5-4-8-17(20)2)27-23(31-25)18-12-14-19(26)15-13-18/h3-15,25H,1,16H2,2H3. The van der Waals surface area contributed by atoms with Crippen LogP contribution in [0.4, 0.5) is 0 Å². The average Bonchev–Trinajstić information content (AvgIpc) is 3.23. The zero-order chi connectivity index (χ0) is 21.8. The van der Waals surface area contributed by atoms with Crippen molar-refractivity contribution in [2.75, 3.05) is 6.61 Å². The summed E-state index contributed by atoms with van der Waals surface area (Å²) < 4.78 is 5.88. The van der Waals surface area contributed by atoms with E-state index >= 15 is 0 Å². The van der Waals surface area contributed by atoms with Crippen LogP contribution in [0.1, 0.15) is 32.4 Å². The number of nitrogens with zero attached hydrogens (tertiary/aromatic N) is 2. The lowest BCUT2D eigenvalue weighted by molar-refractivity contribution is 0.0747. The van der Waals surface area contributed by atoms with Gasteiger partial charge in [0.1, 0.15) is 22.8 Å².